The fourth-order valence-corrected chi connectivity index (χ4v) is 8.35. The third kappa shape index (κ3) is 3.16. The predicted molar refractivity (Wildman–Crippen MR) is 147 cm³/mol. The summed E-state index contributed by atoms with van der Waals surface area (Å²) in [5.74, 6) is 0.536. The fourth-order valence-electron chi connectivity index (χ4n) is 8.35. The Bertz CT molecular complexity index is 1470. The van der Waals surface area contributed by atoms with E-state index in [2.05, 4.69) is 72.6 Å². The number of hydrogen-bond acceptors (Lipinski definition) is 3. The van der Waals surface area contributed by atoms with Crippen molar-refractivity contribution >= 4 is 22.6 Å². The van der Waals surface area contributed by atoms with Crippen molar-refractivity contribution in [3.63, 3.8) is 0 Å². The lowest BCUT2D eigenvalue weighted by Gasteiger charge is -2.46. The smallest absolute Gasteiger partial charge is 0.233 e. The third-order valence-corrected chi connectivity index (χ3v) is 10.4. The van der Waals surface area contributed by atoms with Crippen LogP contribution in [0.3, 0.4) is 0 Å². The lowest BCUT2D eigenvalue weighted by Crippen LogP contribution is -2.57. The summed E-state index contributed by atoms with van der Waals surface area (Å²) in [4.78, 5) is 34.7. The van der Waals surface area contributed by atoms with Crippen LogP contribution in [0.15, 0.2) is 54.7 Å². The van der Waals surface area contributed by atoms with E-state index in [1.54, 1.807) is 0 Å². The molecule has 2 saturated heterocycles. The monoisotopic (exact) mass is 511 g/mol. The molecule has 7 rings (SSSR count). The van der Waals surface area contributed by atoms with Crippen LogP contribution in [0.4, 0.5) is 0 Å². The van der Waals surface area contributed by atoms with Gasteiger partial charge in [0.25, 0.3) is 0 Å². The maximum absolute atomic E-state index is 14.4. The number of amides is 1. The predicted octanol–water partition coefficient (Wildman–Crippen LogP) is 5.32. The van der Waals surface area contributed by atoms with Crippen LogP contribution in [-0.4, -0.2) is 39.4 Å². The second-order valence-electron chi connectivity index (χ2n) is 12.6. The van der Waals surface area contributed by atoms with Crippen molar-refractivity contribution in [1.82, 2.24) is 15.3 Å². The maximum Gasteiger partial charge on any atom is 0.233 e. The van der Waals surface area contributed by atoms with E-state index in [4.69, 9.17) is 4.74 Å². The van der Waals surface area contributed by atoms with Gasteiger partial charge in [-0.1, -0.05) is 51.1 Å². The van der Waals surface area contributed by atoms with Crippen molar-refractivity contribution in [2.24, 2.45) is 29.6 Å². The molecule has 1 spiro atoms. The fraction of sp³-hybridized carbons (Fsp3) is 0.500. The van der Waals surface area contributed by atoms with Crippen LogP contribution in [0.1, 0.15) is 62.3 Å². The Morgan fingerprint density at radius 2 is 1.89 bits per heavy atom. The number of allylic oxidation sites excluding steroid dienone is 1. The molecule has 2 bridgehead atoms. The molecule has 0 unspecified atom stereocenters. The molecule has 3 N–H and O–H groups in total. The van der Waals surface area contributed by atoms with Crippen molar-refractivity contribution in [1.29, 1.82) is 0 Å². The Morgan fingerprint density at radius 1 is 1.08 bits per heavy atom. The summed E-state index contributed by atoms with van der Waals surface area (Å²) in [7, 11) is 0. The Hall–Kier alpha value is -3.12. The standard InChI is InChI=1S/C32H37N3O3/c1-17-8-7-10-22-29-31(4,38-29)19(3)27-25(15-20-16-33-23-11-6-5-9-21(20)23)35-30(37)32(22,27)26-13-12-24(34-26)28(36)18(2)14-17/h5-7,9-13,16-19,22,25,27,29,33-34H,8,14-15H2,1-4H3,(H,35,37)/b10-7+/t17-,18-,19-,22-,25-,27-,29-,31+,32+/m0/s1. The summed E-state index contributed by atoms with van der Waals surface area (Å²) >= 11 is 0. The highest BCUT2D eigenvalue weighted by Gasteiger charge is 2.77. The number of benzene rings is 1. The highest BCUT2D eigenvalue weighted by atomic mass is 16.6. The SMILES string of the molecule is C[C@H]1C/C=C/[C@H]2[C@@H]3O[C@]3(C)[C@@H](C)[C@H]3[C@H](Cc4c[nH]c5ccccc45)NC(=O)[C@]32c2ccc([nH]2)C(=O)[C@@H](C)C1. The molecule has 9 atom stereocenters. The highest BCUT2D eigenvalue weighted by molar-refractivity contribution is 5.97. The van der Waals surface area contributed by atoms with Crippen molar-refractivity contribution < 1.29 is 14.3 Å². The number of H-pyrrole nitrogens is 2. The van der Waals surface area contributed by atoms with Crippen molar-refractivity contribution in [2.75, 3.05) is 0 Å². The van der Waals surface area contributed by atoms with E-state index in [1.165, 1.54) is 10.9 Å². The van der Waals surface area contributed by atoms with Crippen LogP contribution < -0.4 is 5.32 Å². The molecule has 0 radical (unpaired) electrons. The van der Waals surface area contributed by atoms with Crippen LogP contribution in [0.2, 0.25) is 0 Å². The Labute approximate surface area is 223 Å². The van der Waals surface area contributed by atoms with E-state index < -0.39 is 5.41 Å². The van der Waals surface area contributed by atoms with Crippen LogP contribution in [0.5, 0.6) is 0 Å². The van der Waals surface area contributed by atoms with Gasteiger partial charge in [-0.05, 0) is 61.8 Å². The minimum atomic E-state index is -0.822. The van der Waals surface area contributed by atoms with E-state index in [0.717, 1.165) is 30.5 Å². The Kier molecular flexibility index (Phi) is 5.16. The number of carbonyl (C=O) groups excluding carboxylic acids is 2. The molecule has 2 aromatic heterocycles. The van der Waals surface area contributed by atoms with Crippen LogP contribution in [-0.2, 0) is 21.4 Å². The molecule has 3 aromatic rings. The number of para-hydroxylation sites is 1. The highest BCUT2D eigenvalue weighted by Crippen LogP contribution is 2.66. The molecule has 6 heteroatoms. The normalized spacial score (nSPS) is 40.9. The summed E-state index contributed by atoms with van der Waals surface area (Å²) < 4.78 is 6.50. The van der Waals surface area contributed by atoms with Gasteiger partial charge in [-0.25, -0.2) is 0 Å². The minimum Gasteiger partial charge on any atom is -0.365 e. The number of aromatic amines is 2. The summed E-state index contributed by atoms with van der Waals surface area (Å²) in [6.45, 7) is 8.70. The van der Waals surface area contributed by atoms with Crippen molar-refractivity contribution in [3.8, 4) is 0 Å². The van der Waals surface area contributed by atoms with Gasteiger partial charge in [0.05, 0.1) is 17.4 Å². The zero-order valence-electron chi connectivity index (χ0n) is 22.6. The third-order valence-electron chi connectivity index (χ3n) is 10.4. The molecule has 38 heavy (non-hydrogen) atoms. The number of fused-ring (bicyclic) bond motifs is 5. The van der Waals surface area contributed by atoms with E-state index in [1.807, 2.05) is 25.1 Å². The van der Waals surface area contributed by atoms with Crippen LogP contribution in [0, 0.1) is 29.6 Å². The average Bonchev–Trinajstić information content (AvgIpc) is 3.23. The number of nitrogens with one attached hydrogen (secondary N) is 3. The second-order valence-corrected chi connectivity index (χ2v) is 12.6. The van der Waals surface area contributed by atoms with E-state index >= 15 is 0 Å². The van der Waals surface area contributed by atoms with Gasteiger partial charge in [0.2, 0.25) is 5.91 Å². The zero-order chi connectivity index (χ0) is 26.4. The summed E-state index contributed by atoms with van der Waals surface area (Å²) in [6.07, 6.45) is 9.05. The number of ether oxygens (including phenoxy) is 1. The average molecular weight is 512 g/mol. The molecule has 1 aliphatic carbocycles. The first-order valence-electron chi connectivity index (χ1n) is 14.2. The quantitative estimate of drug-likeness (QED) is 0.321. The Balaban J connectivity index is 1.38. The van der Waals surface area contributed by atoms with Crippen LogP contribution in [0.25, 0.3) is 10.9 Å². The molecule has 4 aliphatic rings. The number of Topliss-reactive ketones (excluding diaryl/α,β-unsaturated/α-hetero) is 1. The number of aromatic nitrogens is 2. The van der Waals surface area contributed by atoms with Gasteiger partial charge in [-0.15, -0.1) is 0 Å². The summed E-state index contributed by atoms with van der Waals surface area (Å²) in [5.41, 5.74) is 2.70. The summed E-state index contributed by atoms with van der Waals surface area (Å²) in [6, 6.07) is 12.2. The van der Waals surface area contributed by atoms with Gasteiger partial charge < -0.3 is 20.0 Å². The lowest BCUT2D eigenvalue weighted by molar-refractivity contribution is -0.127. The molecule has 3 aliphatic heterocycles. The largest absolute Gasteiger partial charge is 0.365 e. The van der Waals surface area contributed by atoms with Crippen molar-refractivity contribution in [2.45, 2.75) is 70.1 Å². The number of rotatable bonds is 2. The van der Waals surface area contributed by atoms with Gasteiger partial charge in [0.15, 0.2) is 5.78 Å². The van der Waals surface area contributed by atoms with Gasteiger partial charge in [0.1, 0.15) is 5.41 Å². The molecule has 198 valence electrons. The van der Waals surface area contributed by atoms with Crippen molar-refractivity contribution in [3.05, 3.63) is 71.7 Å². The molecule has 1 saturated carbocycles. The van der Waals surface area contributed by atoms with E-state index in [-0.39, 0.29) is 53.1 Å². The lowest BCUT2D eigenvalue weighted by atomic mass is 9.52. The number of hydrogen-bond donors (Lipinski definition) is 3. The number of ketones is 1. The topological polar surface area (TPSA) is 90.3 Å². The number of carbonyl (C=O) groups is 2. The van der Waals surface area contributed by atoms with E-state index in [9.17, 15) is 9.59 Å². The molecule has 1 aromatic carbocycles. The molecular formula is C32H37N3O3. The Morgan fingerprint density at radius 3 is 2.74 bits per heavy atom. The first-order valence-corrected chi connectivity index (χ1v) is 14.2. The van der Waals surface area contributed by atoms with Gasteiger partial charge >= 0.3 is 0 Å². The van der Waals surface area contributed by atoms with Gasteiger partial charge in [-0.2, -0.15) is 0 Å². The maximum atomic E-state index is 14.4. The molecule has 1 amide bonds. The number of epoxide rings is 1. The van der Waals surface area contributed by atoms with Gasteiger partial charge in [-0.3, -0.25) is 9.59 Å². The zero-order valence-corrected chi connectivity index (χ0v) is 22.6. The van der Waals surface area contributed by atoms with E-state index in [0.29, 0.717) is 11.6 Å². The van der Waals surface area contributed by atoms with Gasteiger partial charge in [0, 0.05) is 46.6 Å². The van der Waals surface area contributed by atoms with Crippen LogP contribution >= 0.6 is 0 Å². The minimum absolute atomic E-state index is 0.00134. The molecule has 5 heterocycles. The first-order chi connectivity index (χ1) is 18.2. The summed E-state index contributed by atoms with van der Waals surface area (Å²) in [5, 5.41) is 4.67. The molecule has 3 fully saturated rings. The molecular weight excluding hydrogens is 474 g/mol. The first kappa shape index (κ1) is 24.0. The second kappa shape index (κ2) is 8.19. The molecule has 6 nitrogen and oxygen atoms in total.